The molecule has 0 amide bonds. The van der Waals surface area contributed by atoms with Gasteiger partial charge in [0.15, 0.2) is 0 Å². The second-order valence-electron chi connectivity index (χ2n) is 11.3. The maximum atomic E-state index is 9.31. The van der Waals surface area contributed by atoms with Gasteiger partial charge in [-0.15, -0.1) is 0 Å². The highest BCUT2D eigenvalue weighted by Crippen LogP contribution is 2.40. The van der Waals surface area contributed by atoms with Crippen LogP contribution in [0.1, 0.15) is 5.56 Å². The Morgan fingerprint density at radius 2 is 1.00 bits per heavy atom. The summed E-state index contributed by atoms with van der Waals surface area (Å²) in [6.07, 6.45) is 0. The van der Waals surface area contributed by atoms with Gasteiger partial charge in [0, 0.05) is 38.3 Å². The number of hydrogen-bond donors (Lipinski definition) is 0. The number of para-hydroxylation sites is 2. The van der Waals surface area contributed by atoms with Crippen molar-refractivity contribution in [1.82, 2.24) is 9.13 Å². The molecule has 0 aliphatic rings. The molecule has 44 heavy (non-hydrogen) atoms. The minimum atomic E-state index is 0.661. The van der Waals surface area contributed by atoms with E-state index >= 15 is 0 Å². The largest absolute Gasteiger partial charge is 0.309 e. The molecule has 0 N–H and O–H groups in total. The van der Waals surface area contributed by atoms with Crippen LogP contribution in [0, 0.1) is 11.3 Å². The minimum absolute atomic E-state index is 0.661. The van der Waals surface area contributed by atoms with E-state index in [9.17, 15) is 5.26 Å². The van der Waals surface area contributed by atoms with Crippen LogP contribution in [0.25, 0.3) is 76.9 Å². The molecule has 0 radical (unpaired) electrons. The third-order valence-electron chi connectivity index (χ3n) is 8.93. The predicted molar refractivity (Wildman–Crippen MR) is 183 cm³/mol. The van der Waals surface area contributed by atoms with Gasteiger partial charge in [-0.25, -0.2) is 0 Å². The fourth-order valence-electron chi connectivity index (χ4n) is 6.92. The molecule has 0 bridgehead atoms. The molecule has 0 saturated heterocycles. The molecule has 7 aromatic carbocycles. The molecule has 0 fully saturated rings. The van der Waals surface area contributed by atoms with Crippen LogP contribution in [0.3, 0.4) is 0 Å². The highest BCUT2D eigenvalue weighted by Gasteiger charge is 2.17. The minimum Gasteiger partial charge on any atom is -0.309 e. The van der Waals surface area contributed by atoms with Crippen LogP contribution < -0.4 is 0 Å². The summed E-state index contributed by atoms with van der Waals surface area (Å²) in [5.41, 5.74) is 9.98. The van der Waals surface area contributed by atoms with E-state index in [2.05, 4.69) is 143 Å². The quantitative estimate of drug-likeness (QED) is 0.212. The molecule has 9 rings (SSSR count). The molecule has 2 heterocycles. The number of aromatic nitrogens is 2. The fraction of sp³-hybridized carbons (Fsp3) is 0. The molecule has 204 valence electrons. The topological polar surface area (TPSA) is 33.6 Å². The van der Waals surface area contributed by atoms with E-state index in [1.807, 2.05) is 24.3 Å². The molecule has 0 unspecified atom stereocenters. The van der Waals surface area contributed by atoms with Crippen molar-refractivity contribution < 1.29 is 0 Å². The Kier molecular flexibility index (Phi) is 5.26. The van der Waals surface area contributed by atoms with E-state index in [0.29, 0.717) is 5.56 Å². The average Bonchev–Trinajstić information content (AvgIpc) is 3.61. The third-order valence-corrected chi connectivity index (χ3v) is 8.93. The number of nitriles is 1. The van der Waals surface area contributed by atoms with Crippen LogP contribution in [0.4, 0.5) is 0 Å². The number of hydrogen-bond acceptors (Lipinski definition) is 1. The Bertz CT molecular complexity index is 2600. The smallest absolute Gasteiger partial charge is 0.0991 e. The van der Waals surface area contributed by atoms with Gasteiger partial charge in [-0.2, -0.15) is 5.26 Å². The monoisotopic (exact) mass is 559 g/mol. The lowest BCUT2D eigenvalue weighted by molar-refractivity contribution is 1.18. The van der Waals surface area contributed by atoms with Crippen molar-refractivity contribution in [2.24, 2.45) is 0 Å². The van der Waals surface area contributed by atoms with Crippen molar-refractivity contribution >= 4 is 54.4 Å². The molecule has 0 aliphatic carbocycles. The number of rotatable bonds is 3. The summed E-state index contributed by atoms with van der Waals surface area (Å²) >= 11 is 0. The Morgan fingerprint density at radius 1 is 0.409 bits per heavy atom. The van der Waals surface area contributed by atoms with Gasteiger partial charge in [-0.05, 0) is 83.2 Å². The summed E-state index contributed by atoms with van der Waals surface area (Å²) in [6.45, 7) is 0. The molecule has 0 aliphatic heterocycles. The van der Waals surface area contributed by atoms with Crippen molar-refractivity contribution in [3.8, 4) is 28.6 Å². The maximum absolute atomic E-state index is 9.31. The van der Waals surface area contributed by atoms with Crippen molar-refractivity contribution in [1.29, 1.82) is 5.26 Å². The summed E-state index contributed by atoms with van der Waals surface area (Å²) in [6, 6.07) is 56.1. The van der Waals surface area contributed by atoms with Crippen molar-refractivity contribution in [2.75, 3.05) is 0 Å². The molecule has 3 heteroatoms. The molecule has 0 saturated carbocycles. The first-order valence-corrected chi connectivity index (χ1v) is 14.8. The van der Waals surface area contributed by atoms with E-state index in [0.717, 1.165) is 22.4 Å². The number of fused-ring (bicyclic) bond motifs is 8. The lowest BCUT2D eigenvalue weighted by atomic mass is 10.00. The van der Waals surface area contributed by atoms with E-state index in [1.54, 1.807) is 0 Å². The molecule has 9 aromatic rings. The zero-order chi connectivity index (χ0) is 29.2. The second-order valence-corrected chi connectivity index (χ2v) is 11.3. The lowest BCUT2D eigenvalue weighted by Gasteiger charge is -2.10. The summed E-state index contributed by atoms with van der Waals surface area (Å²) in [7, 11) is 0. The van der Waals surface area contributed by atoms with E-state index in [4.69, 9.17) is 0 Å². The molecule has 2 aromatic heterocycles. The van der Waals surface area contributed by atoms with Gasteiger partial charge in [-0.1, -0.05) is 84.9 Å². The number of benzene rings is 7. The number of nitrogens with zero attached hydrogens (tertiary/aromatic N) is 3. The normalized spacial score (nSPS) is 11.6. The fourth-order valence-corrected chi connectivity index (χ4v) is 6.92. The molecule has 0 spiro atoms. The van der Waals surface area contributed by atoms with Crippen LogP contribution >= 0.6 is 0 Å². The van der Waals surface area contributed by atoms with Gasteiger partial charge in [0.2, 0.25) is 0 Å². The van der Waals surface area contributed by atoms with Crippen LogP contribution in [-0.2, 0) is 0 Å². The Balaban J connectivity index is 1.28. The van der Waals surface area contributed by atoms with Gasteiger partial charge in [0.05, 0.1) is 33.7 Å². The maximum Gasteiger partial charge on any atom is 0.0991 e. The molecule has 0 atom stereocenters. The second kappa shape index (κ2) is 9.46. The summed E-state index contributed by atoms with van der Waals surface area (Å²) in [4.78, 5) is 0. The van der Waals surface area contributed by atoms with Crippen LogP contribution in [0.15, 0.2) is 152 Å². The van der Waals surface area contributed by atoms with E-state index < -0.39 is 0 Å². The first-order valence-electron chi connectivity index (χ1n) is 14.8. The average molecular weight is 560 g/mol. The van der Waals surface area contributed by atoms with Crippen molar-refractivity contribution in [3.05, 3.63) is 157 Å². The van der Waals surface area contributed by atoms with Crippen LogP contribution in [-0.4, -0.2) is 9.13 Å². The summed E-state index contributed by atoms with van der Waals surface area (Å²) in [5, 5.41) is 16.7. The highest BCUT2D eigenvalue weighted by molar-refractivity contribution is 6.19. The summed E-state index contributed by atoms with van der Waals surface area (Å²) < 4.78 is 4.70. The Hall–Kier alpha value is -6.11. The Labute approximate surface area is 254 Å². The molecular weight excluding hydrogens is 534 g/mol. The Morgan fingerprint density at radius 3 is 1.75 bits per heavy atom. The van der Waals surface area contributed by atoms with Gasteiger partial charge in [0.25, 0.3) is 0 Å². The standard InChI is InChI=1S/C41H25N3/c42-26-27-14-19-32(20-15-27)43-38-13-7-6-12-34(38)36-24-29(17-22-39(36)43)30-18-23-40-37(25-30)35-21-16-28-8-4-5-11-33(28)41(35)44(40)31-9-2-1-3-10-31/h1-25H. The van der Waals surface area contributed by atoms with E-state index in [1.165, 1.54) is 54.5 Å². The van der Waals surface area contributed by atoms with Gasteiger partial charge in [0.1, 0.15) is 0 Å². The van der Waals surface area contributed by atoms with Gasteiger partial charge < -0.3 is 9.13 Å². The van der Waals surface area contributed by atoms with Crippen molar-refractivity contribution in [2.45, 2.75) is 0 Å². The van der Waals surface area contributed by atoms with E-state index in [-0.39, 0.29) is 0 Å². The zero-order valence-electron chi connectivity index (χ0n) is 23.8. The lowest BCUT2D eigenvalue weighted by Crippen LogP contribution is -1.94. The summed E-state index contributed by atoms with van der Waals surface area (Å²) in [5.74, 6) is 0. The van der Waals surface area contributed by atoms with Crippen LogP contribution in [0.5, 0.6) is 0 Å². The highest BCUT2D eigenvalue weighted by atomic mass is 15.0. The SMILES string of the molecule is N#Cc1ccc(-n2c3ccccc3c3cc(-c4ccc5c(c4)c4ccc6ccccc6c4n5-c4ccccc4)ccc32)cc1. The zero-order valence-corrected chi connectivity index (χ0v) is 23.8. The van der Waals surface area contributed by atoms with Gasteiger partial charge >= 0.3 is 0 Å². The van der Waals surface area contributed by atoms with Gasteiger partial charge in [-0.3, -0.25) is 0 Å². The predicted octanol–water partition coefficient (Wildman–Crippen LogP) is 10.6. The third kappa shape index (κ3) is 3.55. The van der Waals surface area contributed by atoms with Crippen LogP contribution in [0.2, 0.25) is 0 Å². The first-order chi connectivity index (χ1) is 21.8. The van der Waals surface area contributed by atoms with Crippen molar-refractivity contribution in [3.63, 3.8) is 0 Å². The molecular formula is C41H25N3. The first kappa shape index (κ1) is 24.5. The molecule has 3 nitrogen and oxygen atoms in total.